The van der Waals surface area contributed by atoms with Gasteiger partial charge in [-0.05, 0) is 49.3 Å². The van der Waals surface area contributed by atoms with Crippen molar-refractivity contribution in [1.82, 2.24) is 0 Å². The second-order valence-electron chi connectivity index (χ2n) is 5.85. The van der Waals surface area contributed by atoms with Crippen LogP contribution in [0.3, 0.4) is 0 Å². The molecule has 0 radical (unpaired) electrons. The maximum Gasteiger partial charge on any atom is -0.0184 e. The van der Waals surface area contributed by atoms with Crippen LogP contribution in [-0.4, -0.2) is 0 Å². The van der Waals surface area contributed by atoms with Gasteiger partial charge in [0.15, 0.2) is 0 Å². The van der Waals surface area contributed by atoms with Crippen molar-refractivity contribution in [2.24, 2.45) is 5.92 Å². The average molecular weight is 264 g/mol. The molecule has 0 nitrogen and oxygen atoms in total. The summed E-state index contributed by atoms with van der Waals surface area (Å²) in [5, 5.41) is 0. The molecule has 2 aromatic carbocycles. The molecular formula is C20H24. The summed E-state index contributed by atoms with van der Waals surface area (Å²) in [5.41, 5.74) is 6.58. The molecule has 0 heterocycles. The fourth-order valence-electron chi connectivity index (χ4n) is 2.24. The average Bonchev–Trinajstić information content (AvgIpc) is 2.46. The Bertz CT molecular complexity index is 558. The molecule has 0 amide bonds. The van der Waals surface area contributed by atoms with E-state index >= 15 is 0 Å². The Morgan fingerprint density at radius 2 is 1.45 bits per heavy atom. The summed E-state index contributed by atoms with van der Waals surface area (Å²) >= 11 is 0. The van der Waals surface area contributed by atoms with E-state index in [2.05, 4.69) is 75.9 Å². The molecule has 1 unspecified atom stereocenters. The summed E-state index contributed by atoms with van der Waals surface area (Å²) in [6.45, 7) is 10.5. The molecule has 0 aliphatic carbocycles. The molecular weight excluding hydrogens is 240 g/mol. The molecule has 20 heavy (non-hydrogen) atoms. The third kappa shape index (κ3) is 3.84. The van der Waals surface area contributed by atoms with Gasteiger partial charge in [-0.2, -0.15) is 0 Å². The zero-order valence-electron chi connectivity index (χ0n) is 12.8. The smallest absolute Gasteiger partial charge is 0.0184 e. The lowest BCUT2D eigenvalue weighted by Crippen LogP contribution is -1.97. The van der Waals surface area contributed by atoms with E-state index in [-0.39, 0.29) is 0 Å². The summed E-state index contributed by atoms with van der Waals surface area (Å²) < 4.78 is 0. The quantitative estimate of drug-likeness (QED) is 0.598. The van der Waals surface area contributed by atoms with E-state index in [4.69, 9.17) is 0 Å². The molecule has 104 valence electrons. The van der Waals surface area contributed by atoms with Crippen LogP contribution in [-0.2, 0) is 6.42 Å². The van der Waals surface area contributed by atoms with E-state index in [9.17, 15) is 0 Å². The van der Waals surface area contributed by atoms with Crippen molar-refractivity contribution in [3.63, 3.8) is 0 Å². The first-order valence-electron chi connectivity index (χ1n) is 7.37. The van der Waals surface area contributed by atoms with E-state index in [1.165, 1.54) is 34.2 Å². The van der Waals surface area contributed by atoms with Gasteiger partial charge >= 0.3 is 0 Å². The summed E-state index contributed by atoms with van der Waals surface area (Å²) in [7, 11) is 0. The maximum atomic E-state index is 4.03. The van der Waals surface area contributed by atoms with Crippen LogP contribution in [0.15, 0.2) is 60.7 Å². The monoisotopic (exact) mass is 264 g/mol. The van der Waals surface area contributed by atoms with Crippen LogP contribution in [0.4, 0.5) is 0 Å². The predicted octanol–water partition coefficient (Wildman–Crippen LogP) is 5.81. The van der Waals surface area contributed by atoms with Crippen molar-refractivity contribution in [2.75, 3.05) is 0 Å². The Kier molecular flexibility index (Phi) is 4.79. The Hall–Kier alpha value is -1.82. The molecule has 0 aliphatic heterocycles. The molecule has 2 rings (SSSR count). The van der Waals surface area contributed by atoms with Gasteiger partial charge in [0.2, 0.25) is 0 Å². The van der Waals surface area contributed by atoms with E-state index in [0.717, 1.165) is 6.42 Å². The highest BCUT2D eigenvalue weighted by Gasteiger charge is 2.03. The topological polar surface area (TPSA) is 0 Å². The molecule has 0 fully saturated rings. The van der Waals surface area contributed by atoms with Crippen molar-refractivity contribution in [1.29, 1.82) is 0 Å². The van der Waals surface area contributed by atoms with Crippen molar-refractivity contribution in [3.8, 4) is 11.1 Å². The minimum absolute atomic E-state index is 0.603. The number of hydrogen-bond donors (Lipinski definition) is 0. The molecule has 0 aromatic heterocycles. The normalized spacial score (nSPS) is 12.2. The van der Waals surface area contributed by atoms with Crippen molar-refractivity contribution < 1.29 is 0 Å². The Morgan fingerprint density at radius 3 is 1.95 bits per heavy atom. The van der Waals surface area contributed by atoms with Gasteiger partial charge in [-0.3, -0.25) is 0 Å². The Morgan fingerprint density at radius 1 is 0.950 bits per heavy atom. The van der Waals surface area contributed by atoms with Gasteiger partial charge in [-0.15, -0.1) is 0 Å². The highest BCUT2D eigenvalue weighted by Crippen LogP contribution is 2.22. The van der Waals surface area contributed by atoms with Gasteiger partial charge < -0.3 is 0 Å². The number of benzene rings is 2. The van der Waals surface area contributed by atoms with Crippen LogP contribution in [0, 0.1) is 12.8 Å². The highest BCUT2D eigenvalue weighted by molar-refractivity contribution is 5.63. The van der Waals surface area contributed by atoms with E-state index < -0.39 is 0 Å². The van der Waals surface area contributed by atoms with Crippen molar-refractivity contribution in [3.05, 3.63) is 71.8 Å². The third-order valence-corrected chi connectivity index (χ3v) is 4.05. The number of hydrogen-bond acceptors (Lipinski definition) is 0. The zero-order chi connectivity index (χ0) is 14.5. The fourth-order valence-corrected chi connectivity index (χ4v) is 2.24. The van der Waals surface area contributed by atoms with Crippen molar-refractivity contribution >= 4 is 0 Å². The van der Waals surface area contributed by atoms with Gasteiger partial charge in [-0.1, -0.05) is 73.2 Å². The van der Waals surface area contributed by atoms with Gasteiger partial charge in [0.1, 0.15) is 0 Å². The second kappa shape index (κ2) is 6.56. The van der Waals surface area contributed by atoms with Gasteiger partial charge in [0, 0.05) is 0 Å². The van der Waals surface area contributed by atoms with Crippen LogP contribution < -0.4 is 0 Å². The lowest BCUT2D eigenvalue weighted by Gasteiger charge is -2.11. The maximum absolute atomic E-state index is 4.03. The highest BCUT2D eigenvalue weighted by atomic mass is 14.1. The number of allylic oxidation sites excluding steroid dienone is 1. The minimum Gasteiger partial charge on any atom is -0.0999 e. The fraction of sp³-hybridized carbons (Fsp3) is 0.300. The zero-order valence-corrected chi connectivity index (χ0v) is 12.8. The third-order valence-electron chi connectivity index (χ3n) is 4.05. The van der Waals surface area contributed by atoms with Crippen LogP contribution >= 0.6 is 0 Å². The molecule has 0 N–H and O–H groups in total. The molecule has 0 bridgehead atoms. The lowest BCUT2D eigenvalue weighted by atomic mass is 9.95. The van der Waals surface area contributed by atoms with E-state index in [0.29, 0.717) is 5.92 Å². The Balaban J connectivity index is 2.03. The second-order valence-corrected chi connectivity index (χ2v) is 5.85. The van der Waals surface area contributed by atoms with Gasteiger partial charge in [-0.25, -0.2) is 0 Å². The standard InChI is InChI=1S/C20H24/c1-15(2)17(4)7-8-18-9-13-20(14-10-18)19-11-5-16(3)6-12-19/h5-6,9-14,17H,1,7-8H2,2-4H3. The van der Waals surface area contributed by atoms with Crippen LogP contribution in [0.25, 0.3) is 11.1 Å². The Labute approximate surface area is 123 Å². The summed E-state index contributed by atoms with van der Waals surface area (Å²) in [6.07, 6.45) is 2.31. The SMILES string of the molecule is C=C(C)C(C)CCc1ccc(-c2ccc(C)cc2)cc1. The summed E-state index contributed by atoms with van der Waals surface area (Å²) in [5.74, 6) is 0.603. The van der Waals surface area contributed by atoms with Crippen LogP contribution in [0.5, 0.6) is 0 Å². The first-order chi connectivity index (χ1) is 9.56. The van der Waals surface area contributed by atoms with E-state index in [1.807, 2.05) is 0 Å². The molecule has 0 aliphatic rings. The van der Waals surface area contributed by atoms with Crippen LogP contribution in [0.2, 0.25) is 0 Å². The molecule has 0 spiro atoms. The summed E-state index contributed by atoms with van der Waals surface area (Å²) in [6, 6.07) is 17.7. The molecule has 0 heteroatoms. The van der Waals surface area contributed by atoms with Crippen molar-refractivity contribution in [2.45, 2.75) is 33.6 Å². The minimum atomic E-state index is 0.603. The molecule has 1 atom stereocenters. The number of aryl methyl sites for hydroxylation is 2. The largest absolute Gasteiger partial charge is 0.0999 e. The van der Waals surface area contributed by atoms with Gasteiger partial charge in [0.25, 0.3) is 0 Å². The summed E-state index contributed by atoms with van der Waals surface area (Å²) in [4.78, 5) is 0. The number of rotatable bonds is 5. The van der Waals surface area contributed by atoms with Gasteiger partial charge in [0.05, 0.1) is 0 Å². The predicted molar refractivity (Wildman–Crippen MR) is 88.9 cm³/mol. The van der Waals surface area contributed by atoms with E-state index in [1.54, 1.807) is 0 Å². The van der Waals surface area contributed by atoms with Crippen LogP contribution in [0.1, 0.15) is 31.4 Å². The first-order valence-corrected chi connectivity index (χ1v) is 7.37. The molecule has 0 saturated carbocycles. The first kappa shape index (κ1) is 14.6. The molecule has 0 saturated heterocycles. The molecule has 2 aromatic rings. The lowest BCUT2D eigenvalue weighted by molar-refractivity contribution is 0.615.